The summed E-state index contributed by atoms with van der Waals surface area (Å²) < 4.78 is 13.0. The van der Waals surface area contributed by atoms with Gasteiger partial charge in [0.1, 0.15) is 5.82 Å². The fourth-order valence-electron chi connectivity index (χ4n) is 2.06. The highest BCUT2D eigenvalue weighted by atomic mass is 35.5. The van der Waals surface area contributed by atoms with Crippen LogP contribution in [0.2, 0.25) is 5.02 Å². The summed E-state index contributed by atoms with van der Waals surface area (Å²) in [4.78, 5) is 25.1. The average Bonchev–Trinajstić information content (AvgIpc) is 2.51. The topological polar surface area (TPSA) is 49.4 Å². The molecule has 2 rings (SSSR count). The molecule has 0 bridgehead atoms. The zero-order valence-corrected chi connectivity index (χ0v) is 13.3. The third-order valence-electron chi connectivity index (χ3n) is 3.21. The SMILES string of the molecule is CC(=O)N(CCC(=O)Nc1ccc(Cl)cc1)c1ccc(F)cc1. The Morgan fingerprint density at radius 2 is 1.70 bits per heavy atom. The van der Waals surface area contributed by atoms with Crippen molar-refractivity contribution in [3.05, 3.63) is 59.4 Å². The van der Waals surface area contributed by atoms with Gasteiger partial charge in [0.25, 0.3) is 0 Å². The molecule has 1 N–H and O–H groups in total. The monoisotopic (exact) mass is 334 g/mol. The predicted molar refractivity (Wildman–Crippen MR) is 89.1 cm³/mol. The Balaban J connectivity index is 1.95. The van der Waals surface area contributed by atoms with E-state index in [1.165, 1.54) is 36.1 Å². The maximum atomic E-state index is 13.0. The number of halogens is 2. The quantitative estimate of drug-likeness (QED) is 0.902. The first-order valence-corrected chi connectivity index (χ1v) is 7.42. The molecule has 0 aliphatic carbocycles. The van der Waals surface area contributed by atoms with E-state index in [9.17, 15) is 14.0 Å². The summed E-state index contributed by atoms with van der Waals surface area (Å²) in [6, 6.07) is 12.3. The molecule has 0 saturated carbocycles. The van der Waals surface area contributed by atoms with E-state index >= 15 is 0 Å². The third kappa shape index (κ3) is 5.07. The van der Waals surface area contributed by atoms with E-state index in [0.717, 1.165) is 0 Å². The minimum atomic E-state index is -0.377. The number of hydrogen-bond donors (Lipinski definition) is 1. The highest BCUT2D eigenvalue weighted by molar-refractivity contribution is 6.30. The number of nitrogens with one attached hydrogen (secondary N) is 1. The zero-order chi connectivity index (χ0) is 16.8. The van der Waals surface area contributed by atoms with Crippen molar-refractivity contribution >= 4 is 34.8 Å². The highest BCUT2D eigenvalue weighted by Crippen LogP contribution is 2.16. The molecule has 4 nitrogen and oxygen atoms in total. The number of amides is 2. The summed E-state index contributed by atoms with van der Waals surface area (Å²) in [6.45, 7) is 1.61. The average molecular weight is 335 g/mol. The molecule has 0 unspecified atom stereocenters. The molecule has 2 aromatic carbocycles. The summed E-state index contributed by atoms with van der Waals surface area (Å²) in [6.07, 6.45) is 0.125. The summed E-state index contributed by atoms with van der Waals surface area (Å²) in [7, 11) is 0. The maximum absolute atomic E-state index is 13.0. The van der Waals surface area contributed by atoms with Crippen LogP contribution in [0.3, 0.4) is 0 Å². The molecule has 0 aromatic heterocycles. The van der Waals surface area contributed by atoms with Crippen LogP contribution in [0.25, 0.3) is 0 Å². The van der Waals surface area contributed by atoms with Crippen LogP contribution in [0.1, 0.15) is 13.3 Å². The largest absolute Gasteiger partial charge is 0.326 e. The zero-order valence-electron chi connectivity index (χ0n) is 12.6. The second-order valence-electron chi connectivity index (χ2n) is 4.95. The maximum Gasteiger partial charge on any atom is 0.226 e. The van der Waals surface area contributed by atoms with E-state index in [1.807, 2.05) is 0 Å². The van der Waals surface area contributed by atoms with E-state index < -0.39 is 0 Å². The summed E-state index contributed by atoms with van der Waals surface area (Å²) in [5, 5.41) is 3.31. The van der Waals surface area contributed by atoms with Crippen LogP contribution in [0.5, 0.6) is 0 Å². The molecule has 23 heavy (non-hydrogen) atoms. The second-order valence-corrected chi connectivity index (χ2v) is 5.39. The van der Waals surface area contributed by atoms with Crippen molar-refractivity contribution in [3.8, 4) is 0 Å². The van der Waals surface area contributed by atoms with Crippen molar-refractivity contribution in [1.82, 2.24) is 0 Å². The van der Waals surface area contributed by atoms with Crippen LogP contribution < -0.4 is 10.2 Å². The Morgan fingerprint density at radius 3 is 2.26 bits per heavy atom. The van der Waals surface area contributed by atoms with Gasteiger partial charge in [-0.05, 0) is 48.5 Å². The molecule has 2 amide bonds. The van der Waals surface area contributed by atoms with Gasteiger partial charge >= 0.3 is 0 Å². The standard InChI is InChI=1S/C17H16ClFN2O2/c1-12(22)21(16-8-4-14(19)5-9-16)11-10-17(23)20-15-6-2-13(18)3-7-15/h2-9H,10-11H2,1H3,(H,20,23). The summed E-state index contributed by atoms with van der Waals surface area (Å²) >= 11 is 5.78. The van der Waals surface area contributed by atoms with Gasteiger partial charge in [-0.15, -0.1) is 0 Å². The molecular weight excluding hydrogens is 319 g/mol. The molecule has 0 saturated heterocycles. The Hall–Kier alpha value is -2.40. The van der Waals surface area contributed by atoms with E-state index in [2.05, 4.69) is 5.32 Å². The first-order valence-electron chi connectivity index (χ1n) is 7.05. The molecule has 0 radical (unpaired) electrons. The van der Waals surface area contributed by atoms with Gasteiger partial charge in [0, 0.05) is 36.3 Å². The van der Waals surface area contributed by atoms with E-state index in [4.69, 9.17) is 11.6 Å². The van der Waals surface area contributed by atoms with Gasteiger partial charge < -0.3 is 10.2 Å². The molecule has 0 fully saturated rings. The number of nitrogens with zero attached hydrogens (tertiary/aromatic N) is 1. The second kappa shape index (κ2) is 7.74. The Kier molecular flexibility index (Phi) is 5.71. The van der Waals surface area contributed by atoms with Crippen molar-refractivity contribution in [3.63, 3.8) is 0 Å². The Morgan fingerprint density at radius 1 is 1.09 bits per heavy atom. The number of rotatable bonds is 5. The fraction of sp³-hybridized carbons (Fsp3) is 0.176. The molecule has 0 heterocycles. The number of benzene rings is 2. The fourth-order valence-corrected chi connectivity index (χ4v) is 2.19. The van der Waals surface area contributed by atoms with Crippen molar-refractivity contribution in [1.29, 1.82) is 0 Å². The van der Waals surface area contributed by atoms with Crippen LogP contribution >= 0.6 is 11.6 Å². The van der Waals surface area contributed by atoms with Gasteiger partial charge in [-0.25, -0.2) is 4.39 Å². The van der Waals surface area contributed by atoms with Gasteiger partial charge in [0.05, 0.1) is 0 Å². The van der Waals surface area contributed by atoms with Crippen LogP contribution in [0.15, 0.2) is 48.5 Å². The smallest absolute Gasteiger partial charge is 0.226 e. The highest BCUT2D eigenvalue weighted by Gasteiger charge is 2.13. The van der Waals surface area contributed by atoms with Crippen molar-refractivity contribution in [2.75, 3.05) is 16.8 Å². The lowest BCUT2D eigenvalue weighted by Crippen LogP contribution is -2.31. The molecule has 0 spiro atoms. The van der Waals surface area contributed by atoms with Crippen LogP contribution in [0, 0.1) is 5.82 Å². The first kappa shape index (κ1) is 17.0. The lowest BCUT2D eigenvalue weighted by Gasteiger charge is -2.21. The molecule has 120 valence electrons. The van der Waals surface area contributed by atoms with Gasteiger partial charge in [0.2, 0.25) is 11.8 Å². The molecule has 0 aliphatic rings. The lowest BCUT2D eigenvalue weighted by atomic mass is 10.2. The van der Waals surface area contributed by atoms with Crippen LogP contribution in [-0.4, -0.2) is 18.4 Å². The number of anilines is 2. The van der Waals surface area contributed by atoms with E-state index in [1.54, 1.807) is 24.3 Å². The molecule has 0 atom stereocenters. The van der Waals surface area contributed by atoms with Crippen LogP contribution in [-0.2, 0) is 9.59 Å². The molecule has 2 aromatic rings. The van der Waals surface area contributed by atoms with Crippen molar-refractivity contribution in [2.24, 2.45) is 0 Å². The number of hydrogen-bond acceptors (Lipinski definition) is 2. The third-order valence-corrected chi connectivity index (χ3v) is 3.46. The van der Waals surface area contributed by atoms with Gasteiger partial charge in [0.15, 0.2) is 0 Å². The Bertz CT molecular complexity index is 687. The lowest BCUT2D eigenvalue weighted by molar-refractivity contribution is -0.117. The summed E-state index contributed by atoms with van der Waals surface area (Å²) in [5.41, 5.74) is 1.19. The minimum Gasteiger partial charge on any atom is -0.326 e. The van der Waals surface area contributed by atoms with Gasteiger partial charge in [-0.2, -0.15) is 0 Å². The van der Waals surface area contributed by atoms with Crippen molar-refractivity contribution in [2.45, 2.75) is 13.3 Å². The predicted octanol–water partition coefficient (Wildman–Crippen LogP) is 3.86. The van der Waals surface area contributed by atoms with Gasteiger partial charge in [-0.1, -0.05) is 11.6 Å². The Labute approximate surface area is 138 Å². The van der Waals surface area contributed by atoms with E-state index in [0.29, 0.717) is 16.4 Å². The van der Waals surface area contributed by atoms with E-state index in [-0.39, 0.29) is 30.6 Å². The molecule has 6 heteroatoms. The number of carbonyl (C=O) groups is 2. The minimum absolute atomic E-state index is 0.125. The first-order chi connectivity index (χ1) is 11.0. The molecular formula is C17H16ClFN2O2. The van der Waals surface area contributed by atoms with Gasteiger partial charge in [-0.3, -0.25) is 9.59 Å². The summed E-state index contributed by atoms with van der Waals surface area (Å²) in [5.74, 6) is -0.811. The van der Waals surface area contributed by atoms with Crippen molar-refractivity contribution < 1.29 is 14.0 Å². The molecule has 0 aliphatic heterocycles. The normalized spacial score (nSPS) is 10.2. The van der Waals surface area contributed by atoms with Crippen LogP contribution in [0.4, 0.5) is 15.8 Å². The number of carbonyl (C=O) groups excluding carboxylic acids is 2.